The largest absolute Gasteiger partial charge is 0.481 e. The normalized spacial score (nSPS) is 27.4. The number of aromatic nitrogens is 1. The van der Waals surface area contributed by atoms with Crippen molar-refractivity contribution in [2.45, 2.75) is 50.5 Å². The van der Waals surface area contributed by atoms with E-state index in [4.69, 9.17) is 5.11 Å². The van der Waals surface area contributed by atoms with E-state index in [0.717, 1.165) is 18.4 Å². The molecule has 0 aromatic carbocycles. The van der Waals surface area contributed by atoms with Crippen LogP contribution in [0.25, 0.3) is 0 Å². The number of amides is 2. The third kappa shape index (κ3) is 3.72. The summed E-state index contributed by atoms with van der Waals surface area (Å²) in [4.78, 5) is 38.5. The molecule has 1 aliphatic carbocycles. The molecule has 3 rings (SSSR count). The highest BCUT2D eigenvalue weighted by Crippen LogP contribution is 2.29. The molecule has 1 aromatic heterocycles. The highest BCUT2D eigenvalue weighted by molar-refractivity contribution is 6.00. The second-order valence-corrected chi connectivity index (χ2v) is 6.51. The van der Waals surface area contributed by atoms with Crippen molar-refractivity contribution in [1.82, 2.24) is 10.3 Å². The van der Waals surface area contributed by atoms with E-state index in [1.807, 2.05) is 6.07 Å². The summed E-state index contributed by atoms with van der Waals surface area (Å²) in [5.74, 6) is -1.08. The summed E-state index contributed by atoms with van der Waals surface area (Å²) in [7, 11) is 0. The average molecular weight is 331 g/mol. The monoisotopic (exact) mass is 331 g/mol. The van der Waals surface area contributed by atoms with Crippen molar-refractivity contribution < 1.29 is 19.5 Å². The van der Waals surface area contributed by atoms with Gasteiger partial charge >= 0.3 is 5.97 Å². The van der Waals surface area contributed by atoms with Crippen LogP contribution in [-0.4, -0.2) is 33.9 Å². The third-order valence-corrected chi connectivity index (χ3v) is 4.85. The van der Waals surface area contributed by atoms with E-state index in [1.54, 1.807) is 12.3 Å². The molecule has 0 radical (unpaired) electrons. The first-order chi connectivity index (χ1) is 11.5. The lowest BCUT2D eigenvalue weighted by molar-refractivity contribution is -0.143. The number of rotatable bonds is 4. The molecule has 128 valence electrons. The van der Waals surface area contributed by atoms with Crippen LogP contribution in [0.4, 0.5) is 5.82 Å². The minimum atomic E-state index is -0.716. The van der Waals surface area contributed by atoms with Gasteiger partial charge in [0.2, 0.25) is 11.8 Å². The SMILES string of the molecule is O=C1CCC(c2ccnc(NC3CCC(C(=O)O)CC3)c2)C(=O)N1. The van der Waals surface area contributed by atoms with Gasteiger partial charge in [0.05, 0.1) is 11.8 Å². The number of piperidine rings is 1. The van der Waals surface area contributed by atoms with Crippen LogP contribution in [0.15, 0.2) is 18.3 Å². The lowest BCUT2D eigenvalue weighted by Gasteiger charge is -2.27. The van der Waals surface area contributed by atoms with Crippen molar-refractivity contribution in [1.29, 1.82) is 0 Å². The standard InChI is InChI=1S/C17H21N3O4/c21-15-6-5-13(16(22)20-15)11-7-8-18-14(9-11)19-12-3-1-10(2-4-12)17(23)24/h7-10,12-13H,1-6H2,(H,18,19)(H,23,24)(H,20,21,22). The summed E-state index contributed by atoms with van der Waals surface area (Å²) in [6, 6.07) is 3.85. The van der Waals surface area contributed by atoms with Crippen LogP contribution in [-0.2, 0) is 14.4 Å². The first-order valence-electron chi connectivity index (χ1n) is 8.32. The predicted octanol–water partition coefficient (Wildman–Crippen LogP) is 1.66. The summed E-state index contributed by atoms with van der Waals surface area (Å²) >= 11 is 0. The van der Waals surface area contributed by atoms with Gasteiger partial charge in [-0.05, 0) is 49.8 Å². The van der Waals surface area contributed by atoms with Crippen molar-refractivity contribution >= 4 is 23.6 Å². The van der Waals surface area contributed by atoms with Crippen molar-refractivity contribution in [2.75, 3.05) is 5.32 Å². The van der Waals surface area contributed by atoms with Gasteiger partial charge < -0.3 is 10.4 Å². The van der Waals surface area contributed by atoms with Gasteiger partial charge in [0, 0.05) is 18.7 Å². The molecule has 0 spiro atoms. The van der Waals surface area contributed by atoms with E-state index >= 15 is 0 Å². The van der Waals surface area contributed by atoms with Gasteiger partial charge in [-0.15, -0.1) is 0 Å². The van der Waals surface area contributed by atoms with E-state index in [9.17, 15) is 14.4 Å². The number of carbonyl (C=O) groups excluding carboxylic acids is 2. The Hall–Kier alpha value is -2.44. The van der Waals surface area contributed by atoms with E-state index in [2.05, 4.69) is 15.6 Å². The molecule has 0 bridgehead atoms. The molecule has 1 aliphatic heterocycles. The van der Waals surface area contributed by atoms with Gasteiger partial charge in [-0.25, -0.2) is 4.98 Å². The maximum Gasteiger partial charge on any atom is 0.306 e. The van der Waals surface area contributed by atoms with Gasteiger partial charge in [0.25, 0.3) is 0 Å². The Kier molecular flexibility index (Phi) is 4.78. The van der Waals surface area contributed by atoms with Gasteiger partial charge in [-0.1, -0.05) is 0 Å². The van der Waals surface area contributed by atoms with E-state index in [1.165, 1.54) is 0 Å². The van der Waals surface area contributed by atoms with Crippen molar-refractivity contribution in [3.05, 3.63) is 23.9 Å². The molecular weight excluding hydrogens is 310 g/mol. The Balaban J connectivity index is 1.63. The second kappa shape index (κ2) is 6.98. The average Bonchev–Trinajstić information content (AvgIpc) is 2.55. The fourth-order valence-electron chi connectivity index (χ4n) is 3.45. The maximum atomic E-state index is 12.0. The molecule has 7 heteroatoms. The maximum absolute atomic E-state index is 12.0. The van der Waals surface area contributed by atoms with Crippen molar-refractivity contribution in [2.24, 2.45) is 5.92 Å². The Bertz CT molecular complexity index is 653. The predicted molar refractivity (Wildman–Crippen MR) is 86.4 cm³/mol. The van der Waals surface area contributed by atoms with Crippen LogP contribution in [0.2, 0.25) is 0 Å². The first-order valence-corrected chi connectivity index (χ1v) is 8.32. The molecule has 1 saturated heterocycles. The first kappa shape index (κ1) is 16.4. The highest BCUT2D eigenvalue weighted by Gasteiger charge is 2.29. The molecule has 3 N–H and O–H groups in total. The van der Waals surface area contributed by atoms with Crippen LogP contribution in [0.5, 0.6) is 0 Å². The van der Waals surface area contributed by atoms with Crippen LogP contribution < -0.4 is 10.6 Å². The number of anilines is 1. The zero-order chi connectivity index (χ0) is 17.1. The van der Waals surface area contributed by atoms with Crippen molar-refractivity contribution in [3.8, 4) is 0 Å². The fourth-order valence-corrected chi connectivity index (χ4v) is 3.45. The number of hydrogen-bond donors (Lipinski definition) is 3. The number of carboxylic acids is 1. The molecule has 2 fully saturated rings. The Labute approximate surface area is 139 Å². The fraction of sp³-hybridized carbons (Fsp3) is 0.529. The number of carboxylic acid groups (broad SMARTS) is 1. The number of imide groups is 1. The van der Waals surface area contributed by atoms with Crippen LogP contribution >= 0.6 is 0 Å². The Morgan fingerprint density at radius 3 is 2.62 bits per heavy atom. The Morgan fingerprint density at radius 1 is 1.21 bits per heavy atom. The molecule has 24 heavy (non-hydrogen) atoms. The third-order valence-electron chi connectivity index (χ3n) is 4.85. The summed E-state index contributed by atoms with van der Waals surface area (Å²) in [6.45, 7) is 0. The molecule has 2 aliphatic rings. The summed E-state index contributed by atoms with van der Waals surface area (Å²) in [6.07, 6.45) is 5.44. The van der Waals surface area contributed by atoms with Gasteiger partial charge in [0.1, 0.15) is 5.82 Å². The molecule has 1 aromatic rings. The summed E-state index contributed by atoms with van der Waals surface area (Å²) in [5, 5.41) is 14.8. The quantitative estimate of drug-likeness (QED) is 0.724. The number of carbonyl (C=O) groups is 3. The van der Waals surface area contributed by atoms with Crippen LogP contribution in [0.3, 0.4) is 0 Å². The molecule has 2 amide bonds. The lowest BCUT2D eigenvalue weighted by atomic mass is 9.86. The van der Waals surface area contributed by atoms with Gasteiger partial charge in [-0.2, -0.15) is 0 Å². The number of hydrogen-bond acceptors (Lipinski definition) is 5. The van der Waals surface area contributed by atoms with E-state index < -0.39 is 5.97 Å². The molecule has 1 atom stereocenters. The minimum Gasteiger partial charge on any atom is -0.481 e. The highest BCUT2D eigenvalue weighted by atomic mass is 16.4. The topological polar surface area (TPSA) is 108 Å². The van der Waals surface area contributed by atoms with Crippen LogP contribution in [0.1, 0.15) is 50.0 Å². The molecular formula is C17H21N3O4. The summed E-state index contributed by atoms with van der Waals surface area (Å²) in [5.41, 5.74) is 0.844. The van der Waals surface area contributed by atoms with E-state index in [0.29, 0.717) is 31.5 Å². The van der Waals surface area contributed by atoms with Gasteiger partial charge in [-0.3, -0.25) is 19.7 Å². The number of pyridine rings is 1. The second-order valence-electron chi connectivity index (χ2n) is 6.51. The zero-order valence-electron chi connectivity index (χ0n) is 13.3. The minimum absolute atomic E-state index is 0.199. The number of nitrogens with zero attached hydrogens (tertiary/aromatic N) is 1. The van der Waals surface area contributed by atoms with E-state index in [-0.39, 0.29) is 29.7 Å². The number of nitrogens with one attached hydrogen (secondary N) is 2. The molecule has 1 unspecified atom stereocenters. The molecule has 1 saturated carbocycles. The van der Waals surface area contributed by atoms with Gasteiger partial charge in [0.15, 0.2) is 0 Å². The summed E-state index contributed by atoms with van der Waals surface area (Å²) < 4.78 is 0. The zero-order valence-corrected chi connectivity index (χ0v) is 13.3. The van der Waals surface area contributed by atoms with Crippen LogP contribution in [0, 0.1) is 5.92 Å². The smallest absolute Gasteiger partial charge is 0.306 e. The Morgan fingerprint density at radius 2 is 1.96 bits per heavy atom. The molecule has 2 heterocycles. The number of aliphatic carboxylic acids is 1. The molecule has 7 nitrogen and oxygen atoms in total. The lowest BCUT2D eigenvalue weighted by Crippen LogP contribution is -2.39. The van der Waals surface area contributed by atoms with Crippen molar-refractivity contribution in [3.63, 3.8) is 0 Å².